The molecule has 1 N–H and O–H groups in total. The predicted octanol–water partition coefficient (Wildman–Crippen LogP) is 4.23. The molecule has 2 aromatic heterocycles. The lowest BCUT2D eigenvalue weighted by atomic mass is 9.79. The number of carbonyl (C=O) groups is 1. The number of halogens is 1. The zero-order valence-electron chi connectivity index (χ0n) is 20.4. The van der Waals surface area contributed by atoms with Gasteiger partial charge in [0.15, 0.2) is 0 Å². The number of hydrogen-bond acceptors (Lipinski definition) is 6. The predicted molar refractivity (Wildman–Crippen MR) is 138 cm³/mol. The van der Waals surface area contributed by atoms with Crippen LogP contribution in [0.4, 0.5) is 5.82 Å². The number of likely N-dealkylation sites (tertiary alicyclic amines) is 1. The zero-order chi connectivity index (χ0) is 25.2. The van der Waals surface area contributed by atoms with Crippen molar-refractivity contribution in [1.29, 1.82) is 5.26 Å². The molecule has 2 saturated heterocycles. The van der Waals surface area contributed by atoms with Crippen molar-refractivity contribution in [2.24, 2.45) is 5.41 Å². The second-order valence-corrected chi connectivity index (χ2v) is 11.2. The Bertz CT molecular complexity index is 1460. The van der Waals surface area contributed by atoms with E-state index in [2.05, 4.69) is 41.6 Å². The number of H-pyrrole nitrogens is 1. The minimum Gasteiger partial charge on any atom is -0.370 e. The van der Waals surface area contributed by atoms with Gasteiger partial charge in [0.2, 0.25) is 5.91 Å². The van der Waals surface area contributed by atoms with Gasteiger partial charge < -0.3 is 14.5 Å². The number of rotatable bonds is 3. The van der Waals surface area contributed by atoms with Gasteiger partial charge in [0.25, 0.3) is 0 Å². The number of carbonyl (C=O) groups excluding carboxylic acids is 1. The average Bonchev–Trinajstić information content (AvgIpc) is 3.48. The molecule has 0 saturated carbocycles. The third-order valence-corrected chi connectivity index (χ3v) is 8.09. The molecule has 0 radical (unpaired) electrons. The number of nitriles is 1. The maximum atomic E-state index is 12.0. The second kappa shape index (κ2) is 8.05. The van der Waals surface area contributed by atoms with Gasteiger partial charge in [-0.05, 0) is 38.5 Å². The van der Waals surface area contributed by atoms with Gasteiger partial charge in [-0.15, -0.1) is 0 Å². The summed E-state index contributed by atoms with van der Waals surface area (Å²) in [5.41, 5.74) is 4.42. The van der Waals surface area contributed by atoms with Crippen molar-refractivity contribution in [2.45, 2.75) is 38.9 Å². The molecule has 1 aromatic carbocycles. The summed E-state index contributed by atoms with van der Waals surface area (Å²) in [5, 5.41) is 19.1. The van der Waals surface area contributed by atoms with Gasteiger partial charge in [-0.2, -0.15) is 10.4 Å². The Kier molecular flexibility index (Phi) is 5.15. The highest BCUT2D eigenvalue weighted by atomic mass is 35.5. The van der Waals surface area contributed by atoms with E-state index in [1.165, 1.54) is 6.08 Å². The van der Waals surface area contributed by atoms with Crippen LogP contribution >= 0.6 is 11.6 Å². The number of nitrogens with one attached hydrogen (secondary N) is 1. The lowest BCUT2D eigenvalue weighted by Gasteiger charge is -2.47. The largest absolute Gasteiger partial charge is 0.370 e. The van der Waals surface area contributed by atoms with Crippen LogP contribution in [0.25, 0.3) is 22.0 Å². The highest BCUT2D eigenvalue weighted by molar-refractivity contribution is 6.35. The highest BCUT2D eigenvalue weighted by Crippen LogP contribution is 2.47. The Morgan fingerprint density at radius 1 is 1.31 bits per heavy atom. The van der Waals surface area contributed by atoms with Crippen molar-refractivity contribution in [1.82, 2.24) is 20.1 Å². The van der Waals surface area contributed by atoms with Gasteiger partial charge >= 0.3 is 0 Å². The SMILES string of the molecule is C=CC(=O)N1CC2(CCN(c3nc4c(c(-c5c(Cl)ccc6[nH]ncc56)c3C#N)COC(C)(C)C4)C2)C1. The zero-order valence-corrected chi connectivity index (χ0v) is 21.2. The Labute approximate surface area is 214 Å². The third-order valence-electron chi connectivity index (χ3n) is 7.78. The molecule has 3 aromatic rings. The molecular formula is C27H27ClN6O2. The summed E-state index contributed by atoms with van der Waals surface area (Å²) < 4.78 is 6.18. The molecule has 8 nitrogen and oxygen atoms in total. The number of benzene rings is 1. The fraction of sp³-hybridized carbons (Fsp3) is 0.407. The Morgan fingerprint density at radius 3 is 2.86 bits per heavy atom. The van der Waals surface area contributed by atoms with Crippen LogP contribution in [0.3, 0.4) is 0 Å². The van der Waals surface area contributed by atoms with Crippen molar-refractivity contribution in [3.63, 3.8) is 0 Å². The van der Waals surface area contributed by atoms with Crippen molar-refractivity contribution in [3.05, 3.63) is 52.8 Å². The van der Waals surface area contributed by atoms with E-state index in [1.54, 1.807) is 6.20 Å². The fourth-order valence-corrected chi connectivity index (χ4v) is 6.22. The number of anilines is 1. The first kappa shape index (κ1) is 23.0. The van der Waals surface area contributed by atoms with Gasteiger partial charge in [0, 0.05) is 65.1 Å². The molecule has 184 valence electrons. The maximum Gasteiger partial charge on any atom is 0.245 e. The number of hydrogen-bond donors (Lipinski definition) is 1. The van der Waals surface area contributed by atoms with Crippen molar-refractivity contribution < 1.29 is 9.53 Å². The molecule has 2 fully saturated rings. The average molecular weight is 503 g/mol. The standard InChI is InChI=1S/C27H27ClN6O2/c1-4-22(35)34-14-27(15-34)7-8-33(13-27)25-16(10-29)23(18-12-36-26(2,3)9-21(18)31-25)24-17-11-30-32-20(17)6-5-19(24)28/h4-6,11H,1,7-9,12-15H2,2-3H3,(H,30,32). The summed E-state index contributed by atoms with van der Waals surface area (Å²) in [6.45, 7) is 11.0. The van der Waals surface area contributed by atoms with Crippen LogP contribution in [0.2, 0.25) is 5.02 Å². The van der Waals surface area contributed by atoms with Crippen LogP contribution in [-0.2, 0) is 22.6 Å². The van der Waals surface area contributed by atoms with Crippen LogP contribution < -0.4 is 4.90 Å². The molecule has 3 aliphatic heterocycles. The quantitative estimate of drug-likeness (QED) is 0.538. The van der Waals surface area contributed by atoms with E-state index < -0.39 is 0 Å². The van der Waals surface area contributed by atoms with Gasteiger partial charge in [0.1, 0.15) is 17.5 Å². The molecule has 1 amide bonds. The number of pyridine rings is 1. The topological polar surface area (TPSA) is 98.1 Å². The van der Waals surface area contributed by atoms with Crippen LogP contribution in [0.1, 0.15) is 37.1 Å². The summed E-state index contributed by atoms with van der Waals surface area (Å²) in [4.78, 5) is 21.2. The van der Waals surface area contributed by atoms with E-state index in [1.807, 2.05) is 17.0 Å². The first-order valence-electron chi connectivity index (χ1n) is 12.1. The van der Waals surface area contributed by atoms with E-state index in [4.69, 9.17) is 21.3 Å². The smallest absolute Gasteiger partial charge is 0.245 e. The Hall–Kier alpha value is -3.41. The van der Waals surface area contributed by atoms with Crippen LogP contribution in [0.5, 0.6) is 0 Å². The summed E-state index contributed by atoms with van der Waals surface area (Å²) in [6, 6.07) is 6.20. The van der Waals surface area contributed by atoms with E-state index in [0.717, 1.165) is 52.8 Å². The molecule has 0 aliphatic carbocycles. The minimum atomic E-state index is -0.361. The van der Waals surface area contributed by atoms with Gasteiger partial charge in [-0.3, -0.25) is 9.89 Å². The number of nitrogens with zero attached hydrogens (tertiary/aromatic N) is 5. The fourth-order valence-electron chi connectivity index (χ4n) is 5.96. The lowest BCUT2D eigenvalue weighted by molar-refractivity contribution is -0.136. The molecule has 0 atom stereocenters. The van der Waals surface area contributed by atoms with Crippen LogP contribution in [-0.4, -0.2) is 57.8 Å². The Morgan fingerprint density at radius 2 is 2.11 bits per heavy atom. The molecule has 5 heterocycles. The second-order valence-electron chi connectivity index (χ2n) is 10.8. The molecule has 3 aliphatic rings. The normalized spacial score (nSPS) is 19.7. The van der Waals surface area contributed by atoms with Crippen molar-refractivity contribution in [2.75, 3.05) is 31.1 Å². The third kappa shape index (κ3) is 3.49. The number of amides is 1. The molecule has 36 heavy (non-hydrogen) atoms. The summed E-state index contributed by atoms with van der Waals surface area (Å²) in [7, 11) is 0. The molecule has 0 unspecified atom stereocenters. The van der Waals surface area contributed by atoms with Gasteiger partial charge in [-0.1, -0.05) is 18.2 Å². The highest BCUT2D eigenvalue weighted by Gasteiger charge is 2.49. The lowest BCUT2D eigenvalue weighted by Crippen LogP contribution is -2.59. The summed E-state index contributed by atoms with van der Waals surface area (Å²) in [5.74, 6) is 0.655. The Balaban J connectivity index is 1.50. The molecule has 9 heteroatoms. The monoisotopic (exact) mass is 502 g/mol. The van der Waals surface area contributed by atoms with Crippen LogP contribution in [0.15, 0.2) is 31.0 Å². The van der Waals surface area contributed by atoms with E-state index in [-0.39, 0.29) is 16.9 Å². The first-order valence-corrected chi connectivity index (χ1v) is 12.5. The number of aromatic amines is 1. The summed E-state index contributed by atoms with van der Waals surface area (Å²) >= 11 is 6.80. The van der Waals surface area contributed by atoms with Gasteiger partial charge in [0.05, 0.1) is 29.6 Å². The molecule has 1 spiro atoms. The summed E-state index contributed by atoms with van der Waals surface area (Å²) in [6.07, 6.45) is 4.70. The maximum absolute atomic E-state index is 12.0. The van der Waals surface area contributed by atoms with Crippen LogP contribution in [0, 0.1) is 16.7 Å². The molecular weight excluding hydrogens is 476 g/mol. The number of aromatic nitrogens is 3. The van der Waals surface area contributed by atoms with Crippen molar-refractivity contribution in [3.8, 4) is 17.2 Å². The molecule has 6 rings (SSSR count). The van der Waals surface area contributed by atoms with Gasteiger partial charge in [-0.25, -0.2) is 4.98 Å². The van der Waals surface area contributed by atoms with E-state index in [9.17, 15) is 10.1 Å². The van der Waals surface area contributed by atoms with E-state index in [0.29, 0.717) is 42.5 Å². The van der Waals surface area contributed by atoms with Crippen molar-refractivity contribution >= 4 is 34.2 Å². The first-order chi connectivity index (χ1) is 17.2. The minimum absolute atomic E-state index is 0.0216. The molecule has 0 bridgehead atoms. The van der Waals surface area contributed by atoms with E-state index >= 15 is 0 Å². The number of fused-ring (bicyclic) bond motifs is 2. The number of ether oxygens (including phenoxy) is 1.